The predicted molar refractivity (Wildman–Crippen MR) is 59.5 cm³/mol. The van der Waals surface area contributed by atoms with Crippen LogP contribution in [-0.2, 0) is 6.42 Å². The maximum absolute atomic E-state index is 12.7. The number of nitrogens with two attached hydrogens (primary N) is 1. The summed E-state index contributed by atoms with van der Waals surface area (Å²) >= 11 is 0. The summed E-state index contributed by atoms with van der Waals surface area (Å²) in [6.07, 6.45) is -0.617. The molecule has 2 rings (SSSR count). The molecule has 0 aliphatic heterocycles. The molecule has 0 heterocycles. The molecule has 0 unspecified atom stereocenters. The van der Waals surface area contributed by atoms with Crippen molar-refractivity contribution in [1.82, 2.24) is 0 Å². The minimum absolute atomic E-state index is 0.317. The van der Waals surface area contributed by atoms with Crippen molar-refractivity contribution in [2.45, 2.75) is 31.2 Å². The van der Waals surface area contributed by atoms with Crippen molar-refractivity contribution in [3.05, 3.63) is 23.3 Å². The number of methoxy groups -OCH3 is 1. The molecule has 0 amide bonds. The molecule has 5 heteroatoms. The van der Waals surface area contributed by atoms with Gasteiger partial charge in [0.2, 0.25) is 0 Å². The number of benzene rings is 1. The molecule has 0 atom stereocenters. The fourth-order valence-electron chi connectivity index (χ4n) is 1.82. The van der Waals surface area contributed by atoms with E-state index in [-0.39, 0.29) is 11.3 Å². The molecule has 1 aromatic rings. The van der Waals surface area contributed by atoms with E-state index in [4.69, 9.17) is 10.5 Å². The number of halogens is 2. The highest BCUT2D eigenvalue weighted by molar-refractivity contribution is 5.48. The highest BCUT2D eigenvalue weighted by Gasteiger charge is 2.39. The average Bonchev–Trinajstić information content (AvgIpc) is 2.99. The number of phenolic OH excluding ortho intramolecular Hbond substituents is 1. The summed E-state index contributed by atoms with van der Waals surface area (Å²) in [5, 5.41) is 9.78. The number of phenols is 1. The quantitative estimate of drug-likeness (QED) is 0.853. The third-order valence-electron chi connectivity index (χ3n) is 3.10. The van der Waals surface area contributed by atoms with Gasteiger partial charge >= 0.3 is 0 Å². The lowest BCUT2D eigenvalue weighted by atomic mass is 10.0. The molecule has 1 saturated carbocycles. The Hall–Kier alpha value is -1.36. The zero-order valence-electron chi connectivity index (χ0n) is 9.54. The summed E-state index contributed by atoms with van der Waals surface area (Å²) in [6, 6.07) is 2.72. The van der Waals surface area contributed by atoms with Crippen LogP contribution in [0.1, 0.15) is 30.4 Å². The third-order valence-corrected chi connectivity index (χ3v) is 3.10. The molecule has 3 nitrogen and oxygen atoms in total. The SMILES string of the molecule is COc1cc(CC2(N)CC2)c(O)c(C(F)F)c1. The van der Waals surface area contributed by atoms with Crippen LogP contribution in [0.2, 0.25) is 0 Å². The zero-order chi connectivity index (χ0) is 12.6. The fourth-order valence-corrected chi connectivity index (χ4v) is 1.82. The molecule has 17 heavy (non-hydrogen) atoms. The Morgan fingerprint density at radius 3 is 2.59 bits per heavy atom. The van der Waals surface area contributed by atoms with Crippen LogP contribution in [0.25, 0.3) is 0 Å². The van der Waals surface area contributed by atoms with Gasteiger partial charge < -0.3 is 15.6 Å². The molecule has 1 aromatic carbocycles. The Kier molecular flexibility index (Phi) is 2.95. The second kappa shape index (κ2) is 4.14. The number of rotatable bonds is 4. The van der Waals surface area contributed by atoms with E-state index in [2.05, 4.69) is 0 Å². The van der Waals surface area contributed by atoms with E-state index in [0.29, 0.717) is 17.7 Å². The average molecular weight is 243 g/mol. The molecule has 0 bridgehead atoms. The number of ether oxygens (including phenoxy) is 1. The first-order valence-electron chi connectivity index (χ1n) is 5.42. The molecular formula is C12H15F2NO2. The molecule has 1 aliphatic carbocycles. The van der Waals surface area contributed by atoms with Gasteiger partial charge in [0.25, 0.3) is 6.43 Å². The van der Waals surface area contributed by atoms with E-state index in [0.717, 1.165) is 18.9 Å². The van der Waals surface area contributed by atoms with Crippen molar-refractivity contribution in [2.24, 2.45) is 5.73 Å². The van der Waals surface area contributed by atoms with E-state index in [9.17, 15) is 13.9 Å². The van der Waals surface area contributed by atoms with Crippen molar-refractivity contribution in [2.75, 3.05) is 7.11 Å². The highest BCUT2D eigenvalue weighted by atomic mass is 19.3. The van der Waals surface area contributed by atoms with Gasteiger partial charge in [-0.15, -0.1) is 0 Å². The van der Waals surface area contributed by atoms with Crippen LogP contribution in [0.15, 0.2) is 12.1 Å². The number of hydrogen-bond donors (Lipinski definition) is 2. The Morgan fingerprint density at radius 2 is 2.12 bits per heavy atom. The number of alkyl halides is 2. The van der Waals surface area contributed by atoms with Crippen LogP contribution >= 0.6 is 0 Å². The lowest BCUT2D eigenvalue weighted by Gasteiger charge is -2.15. The van der Waals surface area contributed by atoms with Gasteiger partial charge in [-0.1, -0.05) is 0 Å². The van der Waals surface area contributed by atoms with E-state index < -0.39 is 12.0 Å². The van der Waals surface area contributed by atoms with Gasteiger partial charge in [0, 0.05) is 5.54 Å². The van der Waals surface area contributed by atoms with Gasteiger partial charge in [-0.05, 0) is 37.0 Å². The molecule has 94 valence electrons. The lowest BCUT2D eigenvalue weighted by Crippen LogP contribution is -2.24. The summed E-state index contributed by atoms with van der Waals surface area (Å²) in [6.45, 7) is 0. The first-order chi connectivity index (χ1) is 7.95. The van der Waals surface area contributed by atoms with E-state index in [1.54, 1.807) is 6.07 Å². The second-order valence-corrected chi connectivity index (χ2v) is 4.56. The minimum Gasteiger partial charge on any atom is -0.507 e. The number of hydrogen-bond acceptors (Lipinski definition) is 3. The number of aromatic hydroxyl groups is 1. The van der Waals surface area contributed by atoms with Crippen LogP contribution in [0, 0.1) is 0 Å². The predicted octanol–water partition coefficient (Wildman–Crippen LogP) is 2.37. The summed E-state index contributed by atoms with van der Waals surface area (Å²) in [5.41, 5.74) is 5.61. The van der Waals surface area contributed by atoms with Crippen LogP contribution in [0.3, 0.4) is 0 Å². The molecule has 0 radical (unpaired) electrons. The van der Waals surface area contributed by atoms with Crippen molar-refractivity contribution in [3.8, 4) is 11.5 Å². The van der Waals surface area contributed by atoms with E-state index in [1.165, 1.54) is 7.11 Å². The molecular weight excluding hydrogens is 228 g/mol. The standard InChI is InChI=1S/C12H15F2NO2/c1-17-8-4-7(6-12(15)2-3-12)10(16)9(5-8)11(13)14/h4-5,11,16H,2-3,6,15H2,1H3. The maximum atomic E-state index is 12.7. The first-order valence-corrected chi connectivity index (χ1v) is 5.42. The summed E-state index contributed by atoms with van der Waals surface area (Å²) in [5.74, 6) is -0.0464. The summed E-state index contributed by atoms with van der Waals surface area (Å²) < 4.78 is 30.4. The Labute approximate surface area is 98.2 Å². The van der Waals surface area contributed by atoms with Gasteiger partial charge in [-0.2, -0.15) is 0 Å². The maximum Gasteiger partial charge on any atom is 0.267 e. The topological polar surface area (TPSA) is 55.5 Å². The van der Waals surface area contributed by atoms with Crippen molar-refractivity contribution in [3.63, 3.8) is 0 Å². The van der Waals surface area contributed by atoms with Gasteiger partial charge in [0.1, 0.15) is 11.5 Å². The smallest absolute Gasteiger partial charge is 0.267 e. The van der Waals surface area contributed by atoms with Gasteiger partial charge in [0.05, 0.1) is 12.7 Å². The summed E-state index contributed by atoms with van der Waals surface area (Å²) in [4.78, 5) is 0. The van der Waals surface area contributed by atoms with Crippen LogP contribution in [0.4, 0.5) is 8.78 Å². The third kappa shape index (κ3) is 2.49. The largest absolute Gasteiger partial charge is 0.507 e. The normalized spacial score (nSPS) is 17.2. The van der Waals surface area contributed by atoms with Crippen LogP contribution < -0.4 is 10.5 Å². The Morgan fingerprint density at radius 1 is 1.47 bits per heavy atom. The molecule has 1 fully saturated rings. The van der Waals surface area contributed by atoms with E-state index >= 15 is 0 Å². The van der Waals surface area contributed by atoms with Crippen molar-refractivity contribution < 1.29 is 18.6 Å². The van der Waals surface area contributed by atoms with Crippen molar-refractivity contribution >= 4 is 0 Å². The van der Waals surface area contributed by atoms with E-state index in [1.807, 2.05) is 0 Å². The molecule has 0 saturated heterocycles. The Bertz CT molecular complexity index is 431. The fraction of sp³-hybridized carbons (Fsp3) is 0.500. The van der Waals surface area contributed by atoms with Gasteiger partial charge in [-0.25, -0.2) is 8.78 Å². The first kappa shape index (κ1) is 12.1. The zero-order valence-corrected chi connectivity index (χ0v) is 9.54. The van der Waals surface area contributed by atoms with Gasteiger partial charge in [0.15, 0.2) is 0 Å². The molecule has 0 aromatic heterocycles. The lowest BCUT2D eigenvalue weighted by molar-refractivity contribution is 0.146. The Balaban J connectivity index is 2.38. The van der Waals surface area contributed by atoms with Gasteiger partial charge in [-0.3, -0.25) is 0 Å². The summed E-state index contributed by atoms with van der Waals surface area (Å²) in [7, 11) is 1.40. The molecule has 1 aliphatic rings. The van der Waals surface area contributed by atoms with Crippen LogP contribution in [-0.4, -0.2) is 17.8 Å². The molecule has 0 spiro atoms. The second-order valence-electron chi connectivity index (χ2n) is 4.56. The van der Waals surface area contributed by atoms with Crippen LogP contribution in [0.5, 0.6) is 11.5 Å². The molecule has 3 N–H and O–H groups in total. The van der Waals surface area contributed by atoms with Crippen molar-refractivity contribution in [1.29, 1.82) is 0 Å². The highest BCUT2D eigenvalue weighted by Crippen LogP contribution is 2.41. The minimum atomic E-state index is -2.73. The monoisotopic (exact) mass is 243 g/mol.